The van der Waals surface area contributed by atoms with Crippen LogP contribution in [-0.4, -0.2) is 48.3 Å². The number of hydrogen-bond donors (Lipinski definition) is 1. The molecule has 0 aromatic heterocycles. The first kappa shape index (κ1) is 20.8. The van der Waals surface area contributed by atoms with E-state index < -0.39 is 0 Å². The third-order valence-electron chi connectivity index (χ3n) is 5.94. The Hall–Kier alpha value is -2.44. The van der Waals surface area contributed by atoms with Crippen molar-refractivity contribution in [3.05, 3.63) is 52.5 Å². The number of piperidine rings is 1. The molecule has 0 bridgehead atoms. The molecular formula is C23H28ClN3O3. The standard InChI is InChI=1S/C23H28ClN3O3/c1-3-26-10-8-19(9-11-26)27(14-17-5-7-21-22(12-17)30-15-29-21)23(28)25-20-13-18(24)6-4-16(20)2/h4-7,12-13,19H,3,8-11,14-15H2,1-2H3,(H,25,28). The van der Waals surface area contributed by atoms with Crippen LogP contribution < -0.4 is 14.8 Å². The molecule has 2 aliphatic heterocycles. The van der Waals surface area contributed by atoms with E-state index in [2.05, 4.69) is 17.1 Å². The van der Waals surface area contributed by atoms with Crippen molar-refractivity contribution in [3.63, 3.8) is 0 Å². The van der Waals surface area contributed by atoms with Crippen molar-refractivity contribution in [3.8, 4) is 11.5 Å². The summed E-state index contributed by atoms with van der Waals surface area (Å²) in [5.74, 6) is 1.49. The van der Waals surface area contributed by atoms with Crippen molar-refractivity contribution in [2.75, 3.05) is 31.7 Å². The molecule has 1 fully saturated rings. The number of anilines is 1. The van der Waals surface area contributed by atoms with Crippen molar-refractivity contribution in [1.29, 1.82) is 0 Å². The highest BCUT2D eigenvalue weighted by atomic mass is 35.5. The number of likely N-dealkylation sites (tertiary alicyclic amines) is 1. The smallest absolute Gasteiger partial charge is 0.322 e. The van der Waals surface area contributed by atoms with Crippen molar-refractivity contribution in [1.82, 2.24) is 9.80 Å². The molecular weight excluding hydrogens is 402 g/mol. The number of benzene rings is 2. The summed E-state index contributed by atoms with van der Waals surface area (Å²) in [6, 6.07) is 11.5. The monoisotopic (exact) mass is 429 g/mol. The summed E-state index contributed by atoms with van der Waals surface area (Å²) >= 11 is 6.15. The van der Waals surface area contributed by atoms with E-state index in [1.54, 1.807) is 6.07 Å². The number of amides is 2. The fraction of sp³-hybridized carbons (Fsp3) is 0.435. The second kappa shape index (κ2) is 9.14. The summed E-state index contributed by atoms with van der Waals surface area (Å²) in [6.45, 7) is 7.95. The molecule has 1 N–H and O–H groups in total. The fourth-order valence-electron chi connectivity index (χ4n) is 4.07. The lowest BCUT2D eigenvalue weighted by Gasteiger charge is -2.38. The molecule has 0 unspecified atom stereocenters. The van der Waals surface area contributed by atoms with Crippen molar-refractivity contribution in [2.45, 2.75) is 39.3 Å². The maximum absolute atomic E-state index is 13.4. The Bertz CT molecular complexity index is 913. The molecule has 2 aromatic rings. The molecule has 1 saturated heterocycles. The first-order chi connectivity index (χ1) is 14.5. The van der Waals surface area contributed by atoms with E-state index in [-0.39, 0.29) is 18.9 Å². The number of carbonyl (C=O) groups is 1. The highest BCUT2D eigenvalue weighted by Crippen LogP contribution is 2.33. The fourth-order valence-corrected chi connectivity index (χ4v) is 4.24. The summed E-state index contributed by atoms with van der Waals surface area (Å²) in [4.78, 5) is 17.7. The number of hydrogen-bond acceptors (Lipinski definition) is 4. The normalized spacial score (nSPS) is 16.5. The minimum absolute atomic E-state index is 0.104. The second-order valence-electron chi connectivity index (χ2n) is 7.87. The Morgan fingerprint density at radius 2 is 1.93 bits per heavy atom. The Labute approximate surface area is 182 Å². The first-order valence-corrected chi connectivity index (χ1v) is 10.9. The quantitative estimate of drug-likeness (QED) is 0.734. The van der Waals surface area contributed by atoms with Crippen molar-refractivity contribution < 1.29 is 14.3 Å². The zero-order valence-corrected chi connectivity index (χ0v) is 18.2. The number of fused-ring (bicyclic) bond motifs is 1. The summed E-state index contributed by atoms with van der Waals surface area (Å²) in [7, 11) is 0. The van der Waals surface area contributed by atoms with Gasteiger partial charge in [0, 0.05) is 36.4 Å². The number of ether oxygens (including phenoxy) is 2. The van der Waals surface area contributed by atoms with E-state index in [1.165, 1.54) is 0 Å². The average Bonchev–Trinajstić information content (AvgIpc) is 3.22. The number of carbonyl (C=O) groups excluding carboxylic acids is 1. The van der Waals surface area contributed by atoms with Crippen LogP contribution in [0.2, 0.25) is 5.02 Å². The van der Waals surface area contributed by atoms with Gasteiger partial charge in [-0.25, -0.2) is 4.79 Å². The van der Waals surface area contributed by atoms with Gasteiger partial charge in [-0.2, -0.15) is 0 Å². The molecule has 2 aromatic carbocycles. The molecule has 2 heterocycles. The number of rotatable bonds is 5. The van der Waals surface area contributed by atoms with Gasteiger partial charge in [0.2, 0.25) is 6.79 Å². The summed E-state index contributed by atoms with van der Waals surface area (Å²) < 4.78 is 10.9. The van der Waals surface area contributed by atoms with E-state index in [0.717, 1.165) is 60.8 Å². The van der Waals surface area contributed by atoms with Crippen LogP contribution in [0.3, 0.4) is 0 Å². The van der Waals surface area contributed by atoms with Gasteiger partial charge in [0.15, 0.2) is 11.5 Å². The van der Waals surface area contributed by atoms with Crippen LogP contribution >= 0.6 is 11.6 Å². The number of aryl methyl sites for hydroxylation is 1. The van der Waals surface area contributed by atoms with E-state index in [9.17, 15) is 4.79 Å². The topological polar surface area (TPSA) is 54.0 Å². The zero-order chi connectivity index (χ0) is 21.1. The lowest BCUT2D eigenvalue weighted by atomic mass is 10.0. The molecule has 0 radical (unpaired) electrons. The van der Waals surface area contributed by atoms with E-state index in [0.29, 0.717) is 11.6 Å². The van der Waals surface area contributed by atoms with Crippen LogP contribution in [0, 0.1) is 6.92 Å². The molecule has 4 rings (SSSR count). The minimum atomic E-state index is -0.104. The number of halogens is 1. The average molecular weight is 430 g/mol. The zero-order valence-electron chi connectivity index (χ0n) is 17.5. The minimum Gasteiger partial charge on any atom is -0.454 e. The van der Waals surface area contributed by atoms with Gasteiger partial charge in [0.25, 0.3) is 0 Å². The van der Waals surface area contributed by atoms with Gasteiger partial charge in [-0.15, -0.1) is 0 Å². The lowest BCUT2D eigenvalue weighted by Crippen LogP contribution is -2.48. The Morgan fingerprint density at radius 1 is 1.17 bits per heavy atom. The highest BCUT2D eigenvalue weighted by molar-refractivity contribution is 6.31. The molecule has 160 valence electrons. The van der Waals surface area contributed by atoms with Gasteiger partial charge in [-0.05, 0) is 61.7 Å². The van der Waals surface area contributed by atoms with Crippen LogP contribution in [0.15, 0.2) is 36.4 Å². The van der Waals surface area contributed by atoms with Crippen LogP contribution in [0.25, 0.3) is 0 Å². The van der Waals surface area contributed by atoms with E-state index >= 15 is 0 Å². The van der Waals surface area contributed by atoms with Gasteiger partial charge < -0.3 is 24.6 Å². The van der Waals surface area contributed by atoms with Crippen LogP contribution in [0.5, 0.6) is 11.5 Å². The second-order valence-corrected chi connectivity index (χ2v) is 8.31. The van der Waals surface area contributed by atoms with Crippen molar-refractivity contribution >= 4 is 23.3 Å². The Morgan fingerprint density at radius 3 is 2.70 bits per heavy atom. The predicted octanol–water partition coefficient (Wildman–Crippen LogP) is 4.90. The number of urea groups is 1. The van der Waals surface area contributed by atoms with Gasteiger partial charge in [-0.3, -0.25) is 0 Å². The predicted molar refractivity (Wildman–Crippen MR) is 118 cm³/mol. The number of nitrogens with zero attached hydrogens (tertiary/aromatic N) is 2. The summed E-state index contributed by atoms with van der Waals surface area (Å²) in [6.07, 6.45) is 1.92. The molecule has 2 aliphatic rings. The van der Waals surface area contributed by atoms with E-state index in [4.69, 9.17) is 21.1 Å². The maximum atomic E-state index is 13.4. The van der Waals surface area contributed by atoms with E-state index in [1.807, 2.05) is 42.2 Å². The van der Waals surface area contributed by atoms with Gasteiger partial charge in [0.05, 0.1) is 0 Å². The van der Waals surface area contributed by atoms with Crippen molar-refractivity contribution in [2.24, 2.45) is 0 Å². The molecule has 6 nitrogen and oxygen atoms in total. The lowest BCUT2D eigenvalue weighted by molar-refractivity contribution is 0.126. The molecule has 0 saturated carbocycles. The van der Waals surface area contributed by atoms with Crippen LogP contribution in [0.4, 0.5) is 10.5 Å². The van der Waals surface area contributed by atoms with Crippen LogP contribution in [-0.2, 0) is 6.54 Å². The summed E-state index contributed by atoms with van der Waals surface area (Å²) in [5.41, 5.74) is 2.75. The molecule has 7 heteroatoms. The molecule has 0 spiro atoms. The maximum Gasteiger partial charge on any atom is 0.322 e. The third kappa shape index (κ3) is 4.65. The van der Waals surface area contributed by atoms with Crippen LogP contribution in [0.1, 0.15) is 30.9 Å². The number of nitrogens with one attached hydrogen (secondary N) is 1. The first-order valence-electron chi connectivity index (χ1n) is 10.5. The summed E-state index contributed by atoms with van der Waals surface area (Å²) in [5, 5.41) is 3.69. The molecule has 2 amide bonds. The van der Waals surface area contributed by atoms with Gasteiger partial charge in [-0.1, -0.05) is 30.7 Å². The molecule has 0 aliphatic carbocycles. The molecule has 30 heavy (non-hydrogen) atoms. The van der Waals surface area contributed by atoms with Gasteiger partial charge >= 0.3 is 6.03 Å². The Kier molecular flexibility index (Phi) is 6.35. The Balaban J connectivity index is 1.55. The highest BCUT2D eigenvalue weighted by Gasteiger charge is 2.28. The SMILES string of the molecule is CCN1CCC(N(Cc2ccc3c(c2)OCO3)C(=O)Nc2cc(Cl)ccc2C)CC1. The van der Waals surface area contributed by atoms with Gasteiger partial charge in [0.1, 0.15) is 0 Å². The largest absolute Gasteiger partial charge is 0.454 e. The molecule has 0 atom stereocenters. The third-order valence-corrected chi connectivity index (χ3v) is 6.17.